The smallest absolute Gasteiger partial charge is 0.253 e. The second kappa shape index (κ2) is 8.65. The molecule has 0 radical (unpaired) electrons. The minimum Gasteiger partial charge on any atom is -0.339 e. The summed E-state index contributed by atoms with van der Waals surface area (Å²) in [7, 11) is 0. The number of amides is 1. The SMILES string of the molecule is CCN1CCC(=C(Br)c2ccc(C(=O)N(CC)CC)cc2)CC1. The quantitative estimate of drug-likeness (QED) is 0.758. The van der Waals surface area contributed by atoms with Crippen LogP contribution < -0.4 is 0 Å². The van der Waals surface area contributed by atoms with Gasteiger partial charge in [0.2, 0.25) is 0 Å². The molecule has 0 aromatic heterocycles. The normalized spacial score (nSPS) is 15.6. The van der Waals surface area contributed by atoms with Gasteiger partial charge in [-0.1, -0.05) is 40.6 Å². The Morgan fingerprint density at radius 1 is 1.04 bits per heavy atom. The van der Waals surface area contributed by atoms with Gasteiger partial charge in [-0.05, 0) is 50.9 Å². The first kappa shape index (κ1) is 18.2. The molecular weight excluding hydrogens is 352 g/mol. The number of rotatable bonds is 5. The molecule has 3 nitrogen and oxygen atoms in total. The summed E-state index contributed by atoms with van der Waals surface area (Å²) in [6.07, 6.45) is 2.24. The van der Waals surface area contributed by atoms with Crippen LogP contribution >= 0.6 is 15.9 Å². The van der Waals surface area contributed by atoms with Gasteiger partial charge >= 0.3 is 0 Å². The van der Waals surface area contributed by atoms with Crippen molar-refractivity contribution in [1.29, 1.82) is 0 Å². The molecule has 1 heterocycles. The molecule has 1 aliphatic heterocycles. The maximum atomic E-state index is 12.4. The van der Waals surface area contributed by atoms with Crippen molar-refractivity contribution < 1.29 is 4.79 Å². The van der Waals surface area contributed by atoms with Gasteiger partial charge < -0.3 is 9.80 Å². The minimum absolute atomic E-state index is 0.113. The van der Waals surface area contributed by atoms with Crippen LogP contribution in [0.4, 0.5) is 0 Å². The van der Waals surface area contributed by atoms with Crippen molar-refractivity contribution in [2.24, 2.45) is 0 Å². The molecule has 0 saturated carbocycles. The number of nitrogens with zero attached hydrogens (tertiary/aromatic N) is 2. The molecule has 1 fully saturated rings. The lowest BCUT2D eigenvalue weighted by molar-refractivity contribution is 0.0773. The van der Waals surface area contributed by atoms with Crippen LogP contribution in [0.3, 0.4) is 0 Å². The number of piperidine rings is 1. The molecule has 0 unspecified atom stereocenters. The van der Waals surface area contributed by atoms with Crippen LogP contribution in [0.2, 0.25) is 0 Å². The van der Waals surface area contributed by atoms with Crippen molar-refractivity contribution in [3.8, 4) is 0 Å². The van der Waals surface area contributed by atoms with E-state index in [2.05, 4.69) is 39.9 Å². The Hall–Kier alpha value is -1.13. The predicted molar refractivity (Wildman–Crippen MR) is 101 cm³/mol. The zero-order valence-corrected chi connectivity index (χ0v) is 16.0. The van der Waals surface area contributed by atoms with Crippen molar-refractivity contribution in [2.75, 3.05) is 32.7 Å². The van der Waals surface area contributed by atoms with E-state index in [9.17, 15) is 4.79 Å². The number of hydrogen-bond donors (Lipinski definition) is 0. The lowest BCUT2D eigenvalue weighted by Gasteiger charge is -2.27. The van der Waals surface area contributed by atoms with E-state index in [0.717, 1.165) is 51.1 Å². The molecule has 23 heavy (non-hydrogen) atoms. The third-order valence-corrected chi connectivity index (χ3v) is 5.67. The fourth-order valence-corrected chi connectivity index (χ4v) is 3.68. The van der Waals surface area contributed by atoms with Gasteiger partial charge in [0.25, 0.3) is 5.91 Å². The summed E-state index contributed by atoms with van der Waals surface area (Å²) in [4.78, 5) is 16.7. The molecule has 0 atom stereocenters. The van der Waals surface area contributed by atoms with Crippen LogP contribution in [0.15, 0.2) is 29.8 Å². The van der Waals surface area contributed by atoms with Crippen LogP contribution in [-0.4, -0.2) is 48.4 Å². The number of likely N-dealkylation sites (tertiary alicyclic amines) is 1. The average Bonchev–Trinajstić information content (AvgIpc) is 2.62. The number of hydrogen-bond acceptors (Lipinski definition) is 2. The van der Waals surface area contributed by atoms with Gasteiger partial charge in [-0.15, -0.1) is 0 Å². The van der Waals surface area contributed by atoms with E-state index >= 15 is 0 Å². The van der Waals surface area contributed by atoms with Gasteiger partial charge in [0.05, 0.1) is 0 Å². The number of carbonyl (C=O) groups excluding carboxylic acids is 1. The molecular formula is C19H27BrN2O. The first-order valence-corrected chi connectivity index (χ1v) is 9.39. The van der Waals surface area contributed by atoms with Crippen LogP contribution in [0, 0.1) is 0 Å². The zero-order valence-electron chi connectivity index (χ0n) is 14.4. The van der Waals surface area contributed by atoms with Crippen LogP contribution in [0.1, 0.15) is 49.5 Å². The Kier molecular flexibility index (Phi) is 6.85. The van der Waals surface area contributed by atoms with Crippen LogP contribution in [0.5, 0.6) is 0 Å². The van der Waals surface area contributed by atoms with E-state index in [1.165, 1.54) is 15.6 Å². The summed E-state index contributed by atoms with van der Waals surface area (Å²) < 4.78 is 1.20. The molecule has 0 N–H and O–H groups in total. The van der Waals surface area contributed by atoms with Gasteiger partial charge in [-0.25, -0.2) is 0 Å². The zero-order chi connectivity index (χ0) is 16.8. The first-order chi connectivity index (χ1) is 11.1. The third-order valence-electron chi connectivity index (χ3n) is 4.65. The molecule has 4 heteroatoms. The molecule has 0 bridgehead atoms. The van der Waals surface area contributed by atoms with Gasteiger partial charge in [0.15, 0.2) is 0 Å². The monoisotopic (exact) mass is 378 g/mol. The molecule has 1 aromatic rings. The molecule has 1 aliphatic rings. The summed E-state index contributed by atoms with van der Waals surface area (Å²) in [6.45, 7) is 11.2. The maximum Gasteiger partial charge on any atom is 0.253 e. The predicted octanol–water partition coefficient (Wildman–Crippen LogP) is 4.39. The molecule has 1 amide bonds. The summed E-state index contributed by atoms with van der Waals surface area (Å²) in [5, 5.41) is 0. The summed E-state index contributed by atoms with van der Waals surface area (Å²) in [5.41, 5.74) is 3.42. The van der Waals surface area contributed by atoms with E-state index in [0.29, 0.717) is 0 Å². The van der Waals surface area contributed by atoms with Crippen LogP contribution in [-0.2, 0) is 0 Å². The van der Waals surface area contributed by atoms with Gasteiger partial charge in [0, 0.05) is 36.2 Å². The first-order valence-electron chi connectivity index (χ1n) is 8.60. The number of benzene rings is 1. The lowest BCUT2D eigenvalue weighted by Crippen LogP contribution is -2.30. The average molecular weight is 379 g/mol. The number of carbonyl (C=O) groups is 1. The van der Waals surface area contributed by atoms with Crippen LogP contribution in [0.25, 0.3) is 4.48 Å². The highest BCUT2D eigenvalue weighted by Crippen LogP contribution is 2.31. The second-order valence-electron chi connectivity index (χ2n) is 5.91. The molecule has 1 saturated heterocycles. The topological polar surface area (TPSA) is 23.6 Å². The van der Waals surface area contributed by atoms with E-state index in [4.69, 9.17) is 0 Å². The fraction of sp³-hybridized carbons (Fsp3) is 0.526. The van der Waals surface area contributed by atoms with E-state index in [1.54, 1.807) is 0 Å². The second-order valence-corrected chi connectivity index (χ2v) is 6.70. The highest BCUT2D eigenvalue weighted by Gasteiger charge is 2.16. The molecule has 1 aromatic carbocycles. The highest BCUT2D eigenvalue weighted by molar-refractivity contribution is 9.15. The fourth-order valence-electron chi connectivity index (χ4n) is 3.02. The van der Waals surface area contributed by atoms with Crippen molar-refractivity contribution in [2.45, 2.75) is 33.6 Å². The molecule has 0 aliphatic carbocycles. The summed E-state index contributed by atoms with van der Waals surface area (Å²) in [6, 6.07) is 8.00. The third kappa shape index (κ3) is 4.45. The Morgan fingerprint density at radius 2 is 1.57 bits per heavy atom. The van der Waals surface area contributed by atoms with Gasteiger partial charge in [-0.3, -0.25) is 4.79 Å². The van der Waals surface area contributed by atoms with E-state index in [1.807, 2.05) is 30.9 Å². The molecule has 2 rings (SSSR count). The minimum atomic E-state index is 0.113. The van der Waals surface area contributed by atoms with Gasteiger partial charge in [0.1, 0.15) is 0 Å². The van der Waals surface area contributed by atoms with Crippen molar-refractivity contribution in [3.05, 3.63) is 41.0 Å². The summed E-state index contributed by atoms with van der Waals surface area (Å²) >= 11 is 3.77. The Morgan fingerprint density at radius 3 is 2.04 bits per heavy atom. The Balaban J connectivity index is 2.11. The summed E-state index contributed by atoms with van der Waals surface area (Å²) in [5.74, 6) is 0.113. The molecule has 0 spiro atoms. The highest BCUT2D eigenvalue weighted by atomic mass is 79.9. The van der Waals surface area contributed by atoms with Crippen molar-refractivity contribution in [1.82, 2.24) is 9.80 Å². The maximum absolute atomic E-state index is 12.4. The Bertz CT molecular complexity index is 551. The number of halogens is 1. The molecule has 126 valence electrons. The Labute approximate surface area is 148 Å². The lowest BCUT2D eigenvalue weighted by atomic mass is 10.00. The van der Waals surface area contributed by atoms with Crippen molar-refractivity contribution >= 4 is 26.3 Å². The largest absolute Gasteiger partial charge is 0.339 e. The van der Waals surface area contributed by atoms with Crippen molar-refractivity contribution in [3.63, 3.8) is 0 Å². The standard InChI is InChI=1S/C19H27BrN2O/c1-4-21-13-11-16(12-14-21)18(20)15-7-9-17(10-8-15)19(23)22(5-2)6-3/h7-10H,4-6,11-14H2,1-3H3. The van der Waals surface area contributed by atoms with E-state index in [-0.39, 0.29) is 5.91 Å². The van der Waals surface area contributed by atoms with Gasteiger partial charge in [-0.2, -0.15) is 0 Å². The van der Waals surface area contributed by atoms with E-state index < -0.39 is 0 Å².